The first-order valence-electron chi connectivity index (χ1n) is 8.97. The average molecular weight is 403 g/mol. The molecule has 1 saturated heterocycles. The number of carbonyl (C=O) groups excluding carboxylic acids is 2. The molecule has 2 amide bonds. The number of benzene rings is 2. The third-order valence-electron chi connectivity index (χ3n) is 4.98. The minimum absolute atomic E-state index is 0.144. The highest BCUT2D eigenvalue weighted by Crippen LogP contribution is 2.28. The largest absolute Gasteiger partial charge is 0.497 e. The molecule has 0 aromatic heterocycles. The van der Waals surface area contributed by atoms with Crippen LogP contribution in [0.5, 0.6) is 11.5 Å². The fourth-order valence-electron chi connectivity index (χ4n) is 3.25. The number of hydrogen-bond acceptors (Lipinski definition) is 4. The molecule has 2 aromatic carbocycles. The van der Waals surface area contributed by atoms with Gasteiger partial charge in [-0.1, -0.05) is 17.7 Å². The van der Waals surface area contributed by atoms with E-state index in [1.165, 1.54) is 14.2 Å². The molecule has 1 aliphatic heterocycles. The number of aryl methyl sites for hydroxylation is 1. The molecule has 28 heavy (non-hydrogen) atoms. The van der Waals surface area contributed by atoms with Crippen molar-refractivity contribution in [3.8, 4) is 11.5 Å². The van der Waals surface area contributed by atoms with Gasteiger partial charge in [0.05, 0.1) is 14.2 Å². The summed E-state index contributed by atoms with van der Waals surface area (Å²) in [7, 11) is 3.06. The first kappa shape index (κ1) is 20.0. The Morgan fingerprint density at radius 2 is 1.71 bits per heavy atom. The van der Waals surface area contributed by atoms with Crippen molar-refractivity contribution in [2.24, 2.45) is 0 Å². The molecule has 0 aliphatic carbocycles. The number of hydrogen-bond donors (Lipinski definition) is 0. The quantitative estimate of drug-likeness (QED) is 0.784. The van der Waals surface area contributed by atoms with E-state index < -0.39 is 6.04 Å². The van der Waals surface area contributed by atoms with Gasteiger partial charge in [0.15, 0.2) is 0 Å². The number of halogens is 1. The van der Waals surface area contributed by atoms with Crippen molar-refractivity contribution in [2.75, 3.05) is 32.2 Å². The zero-order valence-electron chi connectivity index (χ0n) is 16.4. The zero-order chi connectivity index (χ0) is 20.4. The Labute approximate surface area is 169 Å². The molecule has 0 radical (unpaired) electrons. The predicted octanol–water partition coefficient (Wildman–Crippen LogP) is 3.54. The summed E-state index contributed by atoms with van der Waals surface area (Å²) in [6.45, 7) is 4.46. The summed E-state index contributed by atoms with van der Waals surface area (Å²) in [6.07, 6.45) is 0. The fourth-order valence-corrected chi connectivity index (χ4v) is 3.43. The van der Waals surface area contributed by atoms with Gasteiger partial charge in [0, 0.05) is 35.4 Å². The second-order valence-electron chi connectivity index (χ2n) is 6.70. The van der Waals surface area contributed by atoms with Crippen LogP contribution in [0.25, 0.3) is 0 Å². The molecule has 1 unspecified atom stereocenters. The smallest absolute Gasteiger partial charge is 0.254 e. The van der Waals surface area contributed by atoms with Crippen molar-refractivity contribution >= 4 is 29.1 Å². The highest BCUT2D eigenvalue weighted by Gasteiger charge is 2.35. The molecule has 6 nitrogen and oxygen atoms in total. The van der Waals surface area contributed by atoms with Crippen LogP contribution >= 0.6 is 11.6 Å². The van der Waals surface area contributed by atoms with E-state index in [4.69, 9.17) is 21.1 Å². The normalized spacial score (nSPS) is 16.9. The van der Waals surface area contributed by atoms with E-state index in [1.807, 2.05) is 19.1 Å². The number of carbonyl (C=O) groups is 2. The predicted molar refractivity (Wildman–Crippen MR) is 109 cm³/mol. The minimum atomic E-state index is -0.599. The molecule has 7 heteroatoms. The van der Waals surface area contributed by atoms with Crippen molar-refractivity contribution in [1.82, 2.24) is 4.90 Å². The lowest BCUT2D eigenvalue weighted by Gasteiger charge is -2.39. The molecular formula is C21H23ClN2O4. The number of amides is 2. The van der Waals surface area contributed by atoms with Crippen molar-refractivity contribution in [1.29, 1.82) is 0 Å². The maximum absolute atomic E-state index is 13.1. The third kappa shape index (κ3) is 3.78. The van der Waals surface area contributed by atoms with Gasteiger partial charge in [-0.05, 0) is 43.7 Å². The summed E-state index contributed by atoms with van der Waals surface area (Å²) in [5, 5.41) is 0.611. The van der Waals surface area contributed by atoms with Crippen LogP contribution in [0.1, 0.15) is 22.8 Å². The van der Waals surface area contributed by atoms with Gasteiger partial charge in [0.2, 0.25) is 5.91 Å². The Bertz CT molecular complexity index is 893. The molecule has 1 atom stereocenters. The van der Waals surface area contributed by atoms with Crippen LogP contribution in [0.4, 0.5) is 5.69 Å². The highest BCUT2D eigenvalue weighted by atomic mass is 35.5. The Morgan fingerprint density at radius 1 is 1.07 bits per heavy atom. The molecule has 1 aliphatic rings. The van der Waals surface area contributed by atoms with Gasteiger partial charge in [-0.3, -0.25) is 9.59 Å². The number of nitrogens with zero attached hydrogens (tertiary/aromatic N) is 2. The Morgan fingerprint density at radius 3 is 2.29 bits per heavy atom. The number of piperazine rings is 1. The summed E-state index contributed by atoms with van der Waals surface area (Å²) in [6, 6.07) is 9.93. The van der Waals surface area contributed by atoms with E-state index in [2.05, 4.69) is 0 Å². The lowest BCUT2D eigenvalue weighted by Crippen LogP contribution is -2.57. The first-order chi connectivity index (χ1) is 13.3. The van der Waals surface area contributed by atoms with Gasteiger partial charge >= 0.3 is 0 Å². The maximum Gasteiger partial charge on any atom is 0.254 e. The number of methoxy groups -OCH3 is 2. The lowest BCUT2D eigenvalue weighted by atomic mass is 10.1. The molecular weight excluding hydrogens is 380 g/mol. The van der Waals surface area contributed by atoms with Crippen molar-refractivity contribution in [3.63, 3.8) is 0 Å². The standard InChI is InChI=1S/C21H23ClN2O4/c1-13-5-6-16(11-19(13)22)24-8-7-23(14(2)20(24)25)21(26)15-9-17(27-3)12-18(10-15)28-4/h5-6,9-12,14H,7-8H2,1-4H3. The first-order valence-corrected chi connectivity index (χ1v) is 9.35. The van der Waals surface area contributed by atoms with Crippen molar-refractivity contribution < 1.29 is 19.1 Å². The molecule has 0 bridgehead atoms. The lowest BCUT2D eigenvalue weighted by molar-refractivity contribution is -0.124. The molecule has 2 aromatic rings. The molecule has 3 rings (SSSR count). The monoisotopic (exact) mass is 402 g/mol. The second kappa shape index (κ2) is 8.10. The second-order valence-corrected chi connectivity index (χ2v) is 7.11. The number of ether oxygens (including phenoxy) is 2. The van der Waals surface area contributed by atoms with Crippen molar-refractivity contribution in [2.45, 2.75) is 19.9 Å². The van der Waals surface area contributed by atoms with Gasteiger partial charge < -0.3 is 19.3 Å². The van der Waals surface area contributed by atoms with Crippen LogP contribution in [0.2, 0.25) is 5.02 Å². The summed E-state index contributed by atoms with van der Waals surface area (Å²) >= 11 is 6.21. The summed E-state index contributed by atoms with van der Waals surface area (Å²) < 4.78 is 10.5. The van der Waals surface area contributed by atoms with Crippen LogP contribution < -0.4 is 14.4 Å². The third-order valence-corrected chi connectivity index (χ3v) is 5.39. The van der Waals surface area contributed by atoms with Gasteiger partial charge in [-0.25, -0.2) is 0 Å². The van der Waals surface area contributed by atoms with Gasteiger partial charge in [-0.15, -0.1) is 0 Å². The topological polar surface area (TPSA) is 59.1 Å². The van der Waals surface area contributed by atoms with Gasteiger partial charge in [0.25, 0.3) is 5.91 Å². The summed E-state index contributed by atoms with van der Waals surface area (Å²) in [5.74, 6) is 0.665. The zero-order valence-corrected chi connectivity index (χ0v) is 17.1. The van der Waals surface area contributed by atoms with Crippen molar-refractivity contribution in [3.05, 3.63) is 52.5 Å². The minimum Gasteiger partial charge on any atom is -0.497 e. The number of rotatable bonds is 4. The molecule has 0 saturated carbocycles. The molecule has 0 spiro atoms. The molecule has 148 valence electrons. The van der Waals surface area contributed by atoms with E-state index in [0.717, 1.165) is 11.3 Å². The fraction of sp³-hybridized carbons (Fsp3) is 0.333. The van der Waals surface area contributed by atoms with Gasteiger partial charge in [-0.2, -0.15) is 0 Å². The van der Waals surface area contributed by atoms with E-state index in [0.29, 0.717) is 35.2 Å². The maximum atomic E-state index is 13.1. The van der Waals surface area contributed by atoms with E-state index >= 15 is 0 Å². The average Bonchev–Trinajstić information content (AvgIpc) is 2.71. The highest BCUT2D eigenvalue weighted by molar-refractivity contribution is 6.31. The van der Waals surface area contributed by atoms with Crippen LogP contribution in [-0.2, 0) is 4.79 Å². The van der Waals surface area contributed by atoms with Crippen LogP contribution in [-0.4, -0.2) is 50.1 Å². The molecule has 1 fully saturated rings. The van der Waals surface area contributed by atoms with E-state index in [1.54, 1.807) is 41.0 Å². The number of anilines is 1. The Balaban J connectivity index is 1.83. The summed E-state index contributed by atoms with van der Waals surface area (Å²) in [4.78, 5) is 29.3. The molecule has 1 heterocycles. The Hall–Kier alpha value is -2.73. The van der Waals surface area contributed by atoms with E-state index in [9.17, 15) is 9.59 Å². The van der Waals surface area contributed by atoms with Gasteiger partial charge in [0.1, 0.15) is 17.5 Å². The SMILES string of the molecule is COc1cc(OC)cc(C(=O)N2CCN(c3ccc(C)c(Cl)c3)C(=O)C2C)c1. The van der Waals surface area contributed by atoms with Crippen LogP contribution in [0.3, 0.4) is 0 Å². The molecule has 0 N–H and O–H groups in total. The van der Waals surface area contributed by atoms with Crippen LogP contribution in [0, 0.1) is 6.92 Å². The van der Waals surface area contributed by atoms with Crippen LogP contribution in [0.15, 0.2) is 36.4 Å². The summed E-state index contributed by atoms with van der Waals surface area (Å²) in [5.41, 5.74) is 2.11. The Kier molecular flexibility index (Phi) is 5.79. The van der Waals surface area contributed by atoms with E-state index in [-0.39, 0.29) is 11.8 Å².